The molecular weight excluding hydrogens is 663 g/mol. The van der Waals surface area contributed by atoms with Crippen molar-refractivity contribution in [3.8, 4) is 11.1 Å². The fraction of sp³-hybridized carbons (Fsp3) is 0.118. The SMILES string of the molecule is CNS(=O)(=O)c1ccc(C(C)=NNc2nc(Nc3ccccc3)nc(NN=C(C)c3ccc(S(=O)(=O)NC)cc3)c2-c2ccccc2)cc1. The molecule has 0 fully saturated rings. The third-order valence-corrected chi connectivity index (χ3v) is 10.2. The lowest BCUT2D eigenvalue weighted by Crippen LogP contribution is -2.18. The monoisotopic (exact) mass is 697 g/mol. The first-order valence-corrected chi connectivity index (χ1v) is 18.0. The Balaban J connectivity index is 1.55. The van der Waals surface area contributed by atoms with Crippen molar-refractivity contribution in [2.24, 2.45) is 10.2 Å². The first kappa shape index (κ1) is 34.8. The summed E-state index contributed by atoms with van der Waals surface area (Å²) in [5.41, 5.74) is 10.9. The Hall–Kier alpha value is -5.48. The lowest BCUT2D eigenvalue weighted by Gasteiger charge is -2.16. The summed E-state index contributed by atoms with van der Waals surface area (Å²) in [5.74, 6) is 0.996. The molecule has 0 aliphatic rings. The molecule has 0 amide bonds. The number of nitrogens with zero attached hydrogens (tertiary/aromatic N) is 4. The van der Waals surface area contributed by atoms with Crippen molar-refractivity contribution in [3.63, 3.8) is 0 Å². The van der Waals surface area contributed by atoms with Crippen LogP contribution < -0.4 is 25.6 Å². The second-order valence-corrected chi connectivity index (χ2v) is 14.3. The molecule has 0 spiro atoms. The number of rotatable bonds is 13. The fourth-order valence-corrected chi connectivity index (χ4v) is 6.06. The number of hydrogen-bond donors (Lipinski definition) is 5. The van der Waals surface area contributed by atoms with E-state index in [1.807, 2.05) is 60.7 Å². The van der Waals surface area contributed by atoms with E-state index >= 15 is 0 Å². The largest absolute Gasteiger partial charge is 0.324 e. The van der Waals surface area contributed by atoms with Gasteiger partial charge in [0.2, 0.25) is 26.0 Å². The van der Waals surface area contributed by atoms with Gasteiger partial charge in [0.05, 0.1) is 26.8 Å². The van der Waals surface area contributed by atoms with E-state index in [0.717, 1.165) is 11.3 Å². The van der Waals surface area contributed by atoms with E-state index in [-0.39, 0.29) is 15.7 Å². The molecule has 5 aromatic rings. The lowest BCUT2D eigenvalue weighted by atomic mass is 10.1. The van der Waals surface area contributed by atoms with E-state index in [1.54, 1.807) is 38.1 Å². The van der Waals surface area contributed by atoms with Crippen LogP contribution in [-0.4, -0.2) is 52.3 Å². The van der Waals surface area contributed by atoms with Crippen molar-refractivity contribution in [2.75, 3.05) is 30.3 Å². The van der Waals surface area contributed by atoms with Gasteiger partial charge in [-0.1, -0.05) is 72.8 Å². The van der Waals surface area contributed by atoms with Crippen molar-refractivity contribution in [1.82, 2.24) is 19.4 Å². The zero-order chi connectivity index (χ0) is 35.0. The average molecular weight is 698 g/mol. The van der Waals surface area contributed by atoms with Gasteiger partial charge in [-0.15, -0.1) is 0 Å². The molecule has 1 aromatic heterocycles. The van der Waals surface area contributed by atoms with E-state index < -0.39 is 20.0 Å². The maximum absolute atomic E-state index is 12.2. The predicted molar refractivity (Wildman–Crippen MR) is 194 cm³/mol. The van der Waals surface area contributed by atoms with Crippen LogP contribution in [-0.2, 0) is 20.0 Å². The molecule has 5 rings (SSSR count). The predicted octanol–water partition coefficient (Wildman–Crippen LogP) is 5.38. The standard InChI is InChI=1S/C34H35N9O4S2/c1-23(25-15-19-29(20-16-25)48(44,45)35-3)40-42-32-31(27-11-7-5-8-12-27)33(39-34(38-32)37-28-13-9-6-10-14-28)43-41-24(2)26-17-21-30(22-18-26)49(46,47)36-4/h5-22,35-36H,1-4H3,(H3,37,38,39,42,43). The molecule has 1 heterocycles. The number of sulfonamides is 2. The zero-order valence-corrected chi connectivity index (χ0v) is 28.8. The minimum Gasteiger partial charge on any atom is -0.324 e. The van der Waals surface area contributed by atoms with Crippen LogP contribution in [0.15, 0.2) is 129 Å². The Kier molecular flexibility index (Phi) is 10.8. The van der Waals surface area contributed by atoms with Gasteiger partial charge in [0.15, 0.2) is 11.6 Å². The van der Waals surface area contributed by atoms with E-state index in [4.69, 9.17) is 9.97 Å². The van der Waals surface area contributed by atoms with Crippen molar-refractivity contribution < 1.29 is 16.8 Å². The highest BCUT2D eigenvalue weighted by Crippen LogP contribution is 2.35. The Morgan fingerprint density at radius 3 is 1.39 bits per heavy atom. The number of anilines is 4. The van der Waals surface area contributed by atoms with Gasteiger partial charge in [0.25, 0.3) is 0 Å². The fourth-order valence-electron chi connectivity index (χ4n) is 4.60. The van der Waals surface area contributed by atoms with Gasteiger partial charge >= 0.3 is 0 Å². The van der Waals surface area contributed by atoms with E-state index in [2.05, 4.69) is 35.8 Å². The van der Waals surface area contributed by atoms with Crippen LogP contribution in [0.25, 0.3) is 11.1 Å². The molecular formula is C34H35N9O4S2. The number of aromatic nitrogens is 2. The first-order chi connectivity index (χ1) is 23.5. The summed E-state index contributed by atoms with van der Waals surface area (Å²) in [6, 6.07) is 31.7. The van der Waals surface area contributed by atoms with Crippen LogP contribution in [0, 0.1) is 0 Å². The zero-order valence-electron chi connectivity index (χ0n) is 27.1. The number of benzene rings is 4. The summed E-state index contributed by atoms with van der Waals surface area (Å²) in [7, 11) is -4.44. The van der Waals surface area contributed by atoms with Crippen LogP contribution in [0.3, 0.4) is 0 Å². The third kappa shape index (κ3) is 8.52. The highest BCUT2D eigenvalue weighted by Gasteiger charge is 2.18. The second-order valence-electron chi connectivity index (χ2n) is 10.6. The van der Waals surface area contributed by atoms with E-state index in [9.17, 15) is 16.8 Å². The van der Waals surface area contributed by atoms with Crippen LogP contribution in [0.5, 0.6) is 0 Å². The van der Waals surface area contributed by atoms with Crippen LogP contribution in [0.4, 0.5) is 23.3 Å². The molecule has 13 nitrogen and oxygen atoms in total. The van der Waals surface area contributed by atoms with Crippen molar-refractivity contribution in [1.29, 1.82) is 0 Å². The van der Waals surface area contributed by atoms with Gasteiger partial charge in [-0.05, 0) is 81.0 Å². The summed E-state index contributed by atoms with van der Waals surface area (Å²) < 4.78 is 53.4. The van der Waals surface area contributed by atoms with Crippen LogP contribution in [0.2, 0.25) is 0 Å². The molecule has 0 aliphatic carbocycles. The molecule has 5 N–H and O–H groups in total. The summed E-state index contributed by atoms with van der Waals surface area (Å²) >= 11 is 0. The summed E-state index contributed by atoms with van der Waals surface area (Å²) in [5, 5.41) is 12.4. The molecule has 4 aromatic carbocycles. The van der Waals surface area contributed by atoms with Gasteiger partial charge in [0, 0.05) is 5.69 Å². The molecule has 0 radical (unpaired) electrons. The topological polar surface area (TPSA) is 179 Å². The van der Waals surface area contributed by atoms with Crippen LogP contribution >= 0.6 is 0 Å². The maximum Gasteiger partial charge on any atom is 0.240 e. The molecule has 0 atom stereocenters. The number of para-hydroxylation sites is 1. The maximum atomic E-state index is 12.2. The lowest BCUT2D eigenvalue weighted by molar-refractivity contribution is 0.586. The Labute approximate surface area is 285 Å². The number of hydrazone groups is 2. The summed E-state index contributed by atoms with van der Waals surface area (Å²) in [6.07, 6.45) is 0. The first-order valence-electron chi connectivity index (χ1n) is 15.0. The Morgan fingerprint density at radius 1 is 0.571 bits per heavy atom. The second kappa shape index (κ2) is 15.2. The molecule has 15 heteroatoms. The quantitative estimate of drug-likeness (QED) is 0.0798. The summed E-state index contributed by atoms with van der Waals surface area (Å²) in [6.45, 7) is 3.59. The average Bonchev–Trinajstić information content (AvgIpc) is 3.13. The molecule has 252 valence electrons. The van der Waals surface area contributed by atoms with Crippen molar-refractivity contribution in [3.05, 3.63) is 120 Å². The summed E-state index contributed by atoms with van der Waals surface area (Å²) in [4.78, 5) is 9.83. The Morgan fingerprint density at radius 2 is 0.980 bits per heavy atom. The van der Waals surface area contributed by atoms with Crippen molar-refractivity contribution in [2.45, 2.75) is 23.6 Å². The molecule has 0 saturated heterocycles. The third-order valence-electron chi connectivity index (χ3n) is 7.36. The van der Waals surface area contributed by atoms with Gasteiger partial charge < -0.3 is 5.32 Å². The normalized spacial score (nSPS) is 12.4. The van der Waals surface area contributed by atoms with Crippen molar-refractivity contribution >= 4 is 54.7 Å². The van der Waals surface area contributed by atoms with E-state index in [1.165, 1.54) is 38.4 Å². The molecule has 49 heavy (non-hydrogen) atoms. The number of hydrogen-bond acceptors (Lipinski definition) is 11. The molecule has 0 saturated carbocycles. The molecule has 0 bridgehead atoms. The minimum absolute atomic E-state index is 0.142. The van der Waals surface area contributed by atoms with Gasteiger partial charge in [-0.25, -0.2) is 26.3 Å². The molecule has 0 aliphatic heterocycles. The highest BCUT2D eigenvalue weighted by atomic mass is 32.2. The molecule has 0 unspecified atom stereocenters. The van der Waals surface area contributed by atoms with Gasteiger partial charge in [0.1, 0.15) is 0 Å². The highest BCUT2D eigenvalue weighted by molar-refractivity contribution is 7.89. The minimum atomic E-state index is -3.58. The van der Waals surface area contributed by atoms with E-state index in [0.29, 0.717) is 39.7 Å². The van der Waals surface area contributed by atoms with Gasteiger partial charge in [-0.2, -0.15) is 20.2 Å². The number of nitrogens with one attached hydrogen (secondary N) is 5. The van der Waals surface area contributed by atoms with Crippen LogP contribution in [0.1, 0.15) is 25.0 Å². The van der Waals surface area contributed by atoms with Gasteiger partial charge in [-0.3, -0.25) is 10.9 Å². The smallest absolute Gasteiger partial charge is 0.240 e. The Bertz CT molecular complexity index is 2080.